The van der Waals surface area contributed by atoms with Crippen LogP contribution in [-0.4, -0.2) is 15.3 Å². The zero-order valence-corrected chi connectivity index (χ0v) is 17.3. The molecule has 0 aliphatic heterocycles. The van der Waals surface area contributed by atoms with E-state index in [1.807, 2.05) is 13.0 Å². The highest BCUT2D eigenvalue weighted by Crippen LogP contribution is 2.42. The lowest BCUT2D eigenvalue weighted by atomic mass is 9.84. The number of nitrogen functional groups attached to an aromatic ring is 1. The molecule has 1 aliphatic carbocycles. The normalized spacial score (nSPS) is 19.2. The smallest absolute Gasteiger partial charge is 0.190 e. The average Bonchev–Trinajstić information content (AvgIpc) is 3.07. The molecule has 3 aromatic rings. The minimum absolute atomic E-state index is 0.176. The van der Waals surface area contributed by atoms with Gasteiger partial charge in [0.1, 0.15) is 5.78 Å². The number of Topliss-reactive ketones (excluding diaryl/α,β-unsaturated/α-hetero) is 1. The maximum Gasteiger partial charge on any atom is 0.190 e. The van der Waals surface area contributed by atoms with Crippen LogP contribution < -0.4 is 5.73 Å². The molecule has 0 saturated heterocycles. The third kappa shape index (κ3) is 3.38. The van der Waals surface area contributed by atoms with Crippen LogP contribution in [0.4, 0.5) is 11.4 Å². The first-order valence-corrected chi connectivity index (χ1v) is 10.2. The highest BCUT2D eigenvalue weighted by atomic mass is 35.5. The molecule has 0 atom stereocenters. The predicted molar refractivity (Wildman–Crippen MR) is 117 cm³/mol. The van der Waals surface area contributed by atoms with Gasteiger partial charge in [-0.3, -0.25) is 9.78 Å². The lowest BCUT2D eigenvalue weighted by Crippen LogP contribution is -2.21. The largest absolute Gasteiger partial charge is 0.396 e. The second-order valence-corrected chi connectivity index (χ2v) is 8.30. The molecule has 0 bridgehead atoms. The topological polar surface area (TPSA) is 65.3 Å². The number of carbonyl (C=O) groups is 1. The maximum atomic E-state index is 11.8. The summed E-state index contributed by atoms with van der Waals surface area (Å²) >= 11 is 6.51. The zero-order valence-electron chi connectivity index (χ0n) is 16.6. The molecule has 5 nitrogen and oxygen atoms in total. The van der Waals surface area contributed by atoms with Gasteiger partial charge in [-0.1, -0.05) is 11.6 Å². The molecule has 2 aromatic heterocycles. The molecule has 29 heavy (non-hydrogen) atoms. The van der Waals surface area contributed by atoms with Crippen molar-refractivity contribution >= 4 is 39.7 Å². The minimum Gasteiger partial charge on any atom is -0.396 e. The Bertz CT molecular complexity index is 1150. The van der Waals surface area contributed by atoms with E-state index in [1.165, 1.54) is 0 Å². The third-order valence-electron chi connectivity index (χ3n) is 6.13. The number of nitrogens with zero attached hydrogens (tertiary/aromatic N) is 3. The zero-order chi connectivity index (χ0) is 20.7. The number of hydrogen-bond donors (Lipinski definition) is 1. The average molecular weight is 407 g/mol. The number of benzene rings is 1. The molecule has 0 radical (unpaired) electrons. The molecule has 0 amide bonds. The van der Waals surface area contributed by atoms with Crippen LogP contribution in [0.25, 0.3) is 26.9 Å². The van der Waals surface area contributed by atoms with Crippen LogP contribution in [0.15, 0.2) is 30.7 Å². The summed E-state index contributed by atoms with van der Waals surface area (Å²) < 4.78 is 2.29. The summed E-state index contributed by atoms with van der Waals surface area (Å²) in [5.41, 5.74) is 10.8. The second kappa shape index (κ2) is 7.53. The Morgan fingerprint density at radius 1 is 1.24 bits per heavy atom. The Labute approximate surface area is 175 Å². The lowest BCUT2D eigenvalue weighted by molar-refractivity contribution is -0.121. The van der Waals surface area contributed by atoms with E-state index >= 15 is 0 Å². The summed E-state index contributed by atoms with van der Waals surface area (Å²) in [5, 5.41) is 1.45. The van der Waals surface area contributed by atoms with Crippen molar-refractivity contribution in [3.8, 4) is 11.1 Å². The number of aromatic nitrogens is 2. The van der Waals surface area contributed by atoms with Crippen LogP contribution in [0.1, 0.15) is 44.2 Å². The van der Waals surface area contributed by atoms with E-state index < -0.39 is 0 Å². The van der Waals surface area contributed by atoms with Gasteiger partial charge in [0.05, 0.1) is 23.5 Å². The van der Waals surface area contributed by atoms with E-state index in [-0.39, 0.29) is 11.7 Å². The standard InChI is InChI=1S/C23H23ClN4O/c1-13-8-22-17(9-21(13)26-3)19(18-10-27-11-20(25)23(18)24)12-28(22)16-6-4-15(5-7-16)14(2)29/h8-12,15-16H,4-7,25H2,1-2H3. The van der Waals surface area contributed by atoms with Gasteiger partial charge in [-0.25, -0.2) is 4.85 Å². The van der Waals surface area contributed by atoms with Gasteiger partial charge in [0.15, 0.2) is 5.69 Å². The molecule has 0 unspecified atom stereocenters. The van der Waals surface area contributed by atoms with E-state index in [1.54, 1.807) is 19.3 Å². The molecule has 6 heteroatoms. The number of nitrogens with two attached hydrogens (primary N) is 1. The molecule has 2 heterocycles. The monoisotopic (exact) mass is 406 g/mol. The summed E-state index contributed by atoms with van der Waals surface area (Å²) in [5.74, 6) is 0.465. The van der Waals surface area contributed by atoms with Crippen molar-refractivity contribution in [3.05, 3.63) is 52.7 Å². The van der Waals surface area contributed by atoms with Crippen molar-refractivity contribution in [2.24, 2.45) is 5.92 Å². The quantitative estimate of drug-likeness (QED) is 0.533. The van der Waals surface area contributed by atoms with Gasteiger partial charge in [0.25, 0.3) is 0 Å². The molecule has 2 N–H and O–H groups in total. The second-order valence-electron chi connectivity index (χ2n) is 7.92. The number of hydrogen-bond acceptors (Lipinski definition) is 3. The van der Waals surface area contributed by atoms with E-state index in [4.69, 9.17) is 23.9 Å². The molecular formula is C23H23ClN4O. The van der Waals surface area contributed by atoms with Crippen molar-refractivity contribution in [2.45, 2.75) is 45.6 Å². The number of halogens is 1. The number of ketones is 1. The van der Waals surface area contributed by atoms with Crippen LogP contribution in [0, 0.1) is 19.4 Å². The Morgan fingerprint density at radius 3 is 2.62 bits per heavy atom. The van der Waals surface area contributed by atoms with Crippen LogP contribution in [-0.2, 0) is 4.79 Å². The van der Waals surface area contributed by atoms with Crippen molar-refractivity contribution in [1.82, 2.24) is 9.55 Å². The molecular weight excluding hydrogens is 384 g/mol. The van der Waals surface area contributed by atoms with E-state index in [0.717, 1.165) is 53.3 Å². The number of anilines is 1. The lowest BCUT2D eigenvalue weighted by Gasteiger charge is -2.29. The molecule has 1 fully saturated rings. The Kier molecular flexibility index (Phi) is 5.06. The van der Waals surface area contributed by atoms with Gasteiger partial charge >= 0.3 is 0 Å². The van der Waals surface area contributed by atoms with Gasteiger partial charge in [0.2, 0.25) is 0 Å². The van der Waals surface area contributed by atoms with Crippen LogP contribution >= 0.6 is 11.6 Å². The molecule has 1 saturated carbocycles. The van der Waals surface area contributed by atoms with E-state index in [9.17, 15) is 4.79 Å². The molecule has 148 valence electrons. The van der Waals surface area contributed by atoms with Crippen molar-refractivity contribution in [2.75, 3.05) is 5.73 Å². The first-order valence-electron chi connectivity index (χ1n) is 9.83. The van der Waals surface area contributed by atoms with Gasteiger partial charge in [-0.2, -0.15) is 0 Å². The van der Waals surface area contributed by atoms with Crippen molar-refractivity contribution in [1.29, 1.82) is 0 Å². The first-order chi connectivity index (χ1) is 13.9. The Morgan fingerprint density at radius 2 is 1.97 bits per heavy atom. The van der Waals surface area contributed by atoms with Crippen molar-refractivity contribution in [3.63, 3.8) is 0 Å². The minimum atomic E-state index is 0.176. The van der Waals surface area contributed by atoms with Gasteiger partial charge in [-0.15, -0.1) is 0 Å². The molecule has 4 rings (SSSR count). The first kappa shape index (κ1) is 19.5. The Balaban J connectivity index is 1.88. The summed E-state index contributed by atoms with van der Waals surface area (Å²) in [4.78, 5) is 19.7. The SMILES string of the molecule is [C-]#[N+]c1cc2c(-c3cncc(N)c3Cl)cn(C3CCC(C(C)=O)CC3)c2cc1C. The number of pyridine rings is 1. The number of fused-ring (bicyclic) bond motifs is 1. The van der Waals surface area contributed by atoms with Crippen LogP contribution in [0.2, 0.25) is 5.02 Å². The van der Waals surface area contributed by atoms with E-state index in [2.05, 4.69) is 26.7 Å². The number of aryl methyl sites for hydroxylation is 1. The fraction of sp³-hybridized carbons (Fsp3) is 0.348. The number of rotatable bonds is 3. The molecule has 1 aromatic carbocycles. The van der Waals surface area contributed by atoms with Crippen LogP contribution in [0.5, 0.6) is 0 Å². The Hall–Kier alpha value is -2.84. The number of carbonyl (C=O) groups excluding carboxylic acids is 1. The van der Waals surface area contributed by atoms with Gasteiger partial charge in [0, 0.05) is 41.0 Å². The maximum absolute atomic E-state index is 11.8. The van der Waals surface area contributed by atoms with Gasteiger partial charge < -0.3 is 10.3 Å². The highest BCUT2D eigenvalue weighted by molar-refractivity contribution is 6.36. The van der Waals surface area contributed by atoms with Gasteiger partial charge in [-0.05, 0) is 62.6 Å². The summed E-state index contributed by atoms with van der Waals surface area (Å²) in [7, 11) is 0. The highest BCUT2D eigenvalue weighted by Gasteiger charge is 2.27. The predicted octanol–water partition coefficient (Wildman–Crippen LogP) is 6.12. The summed E-state index contributed by atoms with van der Waals surface area (Å²) in [6, 6.07) is 4.33. The summed E-state index contributed by atoms with van der Waals surface area (Å²) in [6.45, 7) is 11.2. The van der Waals surface area contributed by atoms with Crippen LogP contribution in [0.3, 0.4) is 0 Å². The third-order valence-corrected chi connectivity index (χ3v) is 6.56. The molecule has 0 spiro atoms. The fourth-order valence-electron chi connectivity index (χ4n) is 4.44. The summed E-state index contributed by atoms with van der Waals surface area (Å²) in [6.07, 6.45) is 9.12. The van der Waals surface area contributed by atoms with Crippen molar-refractivity contribution < 1.29 is 4.79 Å². The fourth-order valence-corrected chi connectivity index (χ4v) is 4.63. The van der Waals surface area contributed by atoms with E-state index in [0.29, 0.717) is 22.4 Å². The molecule has 1 aliphatic rings.